The number of hydrogen-bond acceptors (Lipinski definition) is 29. The number of alkyl carbamates (subject to hydrolysis) is 1. The summed E-state index contributed by atoms with van der Waals surface area (Å²) < 4.78 is 46.6. The third kappa shape index (κ3) is 38.7. The number of esters is 1. The van der Waals surface area contributed by atoms with E-state index in [4.69, 9.17) is 59.6 Å². The molecule has 0 bridgehead atoms. The van der Waals surface area contributed by atoms with Crippen LogP contribution in [0.2, 0.25) is 0 Å². The molecular weight excluding hydrogens is 1660 g/mol. The predicted molar refractivity (Wildman–Crippen MR) is 458 cm³/mol. The van der Waals surface area contributed by atoms with E-state index in [-0.39, 0.29) is 230 Å². The highest BCUT2D eigenvalue weighted by molar-refractivity contribution is 6.11. The number of ketones is 3. The fourth-order valence-electron chi connectivity index (χ4n) is 15.4. The van der Waals surface area contributed by atoms with E-state index in [2.05, 4.69) is 31.6 Å². The monoisotopic (exact) mass is 1780 g/mol. The number of phenols is 1. The molecule has 4 heterocycles. The molecule has 8 rings (SSSR count). The van der Waals surface area contributed by atoms with Crippen molar-refractivity contribution in [2.45, 2.75) is 178 Å². The highest BCUT2D eigenvalue weighted by Crippen LogP contribution is 2.40. The summed E-state index contributed by atoms with van der Waals surface area (Å²) in [6.07, 6.45) is 2.03. The van der Waals surface area contributed by atoms with Crippen molar-refractivity contribution >= 4 is 94.3 Å². The molecule has 3 saturated heterocycles. The zero-order valence-electron chi connectivity index (χ0n) is 71.9. The Labute approximate surface area is 737 Å². The van der Waals surface area contributed by atoms with Gasteiger partial charge in [-0.05, 0) is 98.6 Å². The Bertz CT molecular complexity index is 4130. The molecule has 698 valence electrons. The number of phenolic OH excluding ortho intramolecular Hbond substituents is 1. The number of unbranched alkanes of at least 4 members (excludes halogenated alkanes) is 2. The Morgan fingerprint density at radius 3 is 1.56 bits per heavy atom. The molecule has 0 spiro atoms. The number of aliphatic imine (C=N–C) groups is 1. The van der Waals surface area contributed by atoms with Gasteiger partial charge in [-0.3, -0.25) is 82.1 Å². The van der Waals surface area contributed by atoms with Crippen LogP contribution in [0.15, 0.2) is 94.1 Å². The zero-order chi connectivity index (χ0) is 91.2. The molecule has 4 fully saturated rings. The van der Waals surface area contributed by atoms with Gasteiger partial charge in [0.2, 0.25) is 23.6 Å². The molecule has 127 heavy (non-hydrogen) atoms. The minimum atomic E-state index is -1.63. The van der Waals surface area contributed by atoms with Gasteiger partial charge in [0.1, 0.15) is 48.7 Å². The normalized spacial score (nSPS) is 21.7. The number of fused-ring (bicyclic) bond motifs is 2. The van der Waals surface area contributed by atoms with Crippen molar-refractivity contribution in [2.24, 2.45) is 38.5 Å². The number of carboxylic acids is 4. The second kappa shape index (κ2) is 55.7. The van der Waals surface area contributed by atoms with Gasteiger partial charge in [0.05, 0.1) is 102 Å². The molecule has 40 heteroatoms. The number of nitrogens with one attached hydrogen (secondary N) is 5. The molecule has 0 aromatic heterocycles. The number of Topliss-reactive ketones (excluding diaryl/α,β-unsaturated/α-hetero) is 3. The van der Waals surface area contributed by atoms with Gasteiger partial charge in [0, 0.05) is 135 Å². The highest BCUT2D eigenvalue weighted by Gasteiger charge is 2.44. The maximum absolute atomic E-state index is 14.2. The number of hydrogen-bond donors (Lipinski definition) is 12. The lowest BCUT2D eigenvalue weighted by atomic mass is 9.72. The molecule has 1 aliphatic carbocycles. The molecule has 9 atom stereocenters. The maximum Gasteiger partial charge on any atom is 0.407 e. The number of rotatable bonds is 48. The molecule has 5 amide bonds. The third-order valence-electron chi connectivity index (χ3n) is 22.1. The van der Waals surface area contributed by atoms with Gasteiger partial charge in [-0.1, -0.05) is 79.6 Å². The fourth-order valence-corrected chi connectivity index (χ4v) is 15.4. The van der Waals surface area contributed by atoms with Gasteiger partial charge in [-0.25, -0.2) is 4.79 Å². The second-order valence-electron chi connectivity index (χ2n) is 31.9. The standard InChI is InChI=1S/C87H124N14O26/c88-86(89)90-32-7-15-67-71(105)27-30-74(106)92-70(51-75(107)108)85(118)95-69(50-58-19-23-63(103)24-20-58)84(117)94-68(83(116)93-67)14-6-2-5-12-62(102)31-44-122-48-46-121-43-9-16-79(115)124-56-59-17-21-61(22-18-59)82-66-26-29-73-72(28-25-65(66)81(96-97-82)60-10-3-1-4-11-60)126-80(127-73)57-125-87(119)91-33-45-123-49-47-120-42-8-13-64(104)52-98-34-36-99(53-76(109)110)38-40-101(55-78(113)114)41-39-100(37-35-98)54-77(111)112/h1,3-4,10-11,17-24,65-70,72-73,80,103H,2,5-9,12-16,25-57H2,(H,91,119)(H,92,106)(H,93,116)(H,94,117)(H,95,118)(H,107,108)(H,109,110)(H,111,112)(H,113,114)(H4,88,89,90)/t65?,66?,67-,68?,69+,70-,72-,73+,80-/m0/s1. The molecule has 3 aromatic rings. The molecule has 40 nitrogen and oxygen atoms in total. The lowest BCUT2D eigenvalue weighted by molar-refractivity contribution is -0.145. The number of benzene rings is 3. The second-order valence-corrected chi connectivity index (χ2v) is 31.9. The average molecular weight is 1780 g/mol. The van der Waals surface area contributed by atoms with E-state index in [1.165, 1.54) is 24.3 Å². The molecule has 4 aliphatic heterocycles. The summed E-state index contributed by atoms with van der Waals surface area (Å²) in [6.45, 7) is 3.73. The first-order chi connectivity index (χ1) is 61.2. The van der Waals surface area contributed by atoms with E-state index in [1.807, 2.05) is 59.5 Å². The molecule has 1 saturated carbocycles. The number of ether oxygens (including phenoxy) is 8. The Kier molecular flexibility index (Phi) is 44.6. The number of carbonyl (C=O) groups is 13. The fraction of sp³-hybridized carbons (Fsp3) is 0.609. The Morgan fingerprint density at radius 1 is 0.480 bits per heavy atom. The van der Waals surface area contributed by atoms with Crippen LogP contribution in [0, 0.1) is 11.8 Å². The van der Waals surface area contributed by atoms with Gasteiger partial charge in [0.25, 0.3) is 0 Å². The van der Waals surface area contributed by atoms with Crippen molar-refractivity contribution in [3.8, 4) is 5.75 Å². The summed E-state index contributed by atoms with van der Waals surface area (Å²) in [6, 6.07) is 18.0. The number of amides is 5. The summed E-state index contributed by atoms with van der Waals surface area (Å²) in [5.74, 6) is -9.23. The van der Waals surface area contributed by atoms with E-state index < -0.39 is 109 Å². The van der Waals surface area contributed by atoms with E-state index in [0.717, 1.165) is 34.5 Å². The lowest BCUT2D eigenvalue weighted by Crippen LogP contribution is -2.58. The van der Waals surface area contributed by atoms with E-state index in [1.54, 1.807) is 14.7 Å². The van der Waals surface area contributed by atoms with Crippen LogP contribution in [0.4, 0.5) is 4.79 Å². The third-order valence-corrected chi connectivity index (χ3v) is 22.1. The smallest absolute Gasteiger partial charge is 0.407 e. The van der Waals surface area contributed by atoms with Gasteiger partial charge in [-0.15, -0.1) is 0 Å². The van der Waals surface area contributed by atoms with Crippen molar-refractivity contribution < 1.29 is 126 Å². The molecule has 3 unspecified atom stereocenters. The number of guanidine groups is 1. The van der Waals surface area contributed by atoms with Crippen molar-refractivity contribution in [3.63, 3.8) is 0 Å². The molecule has 5 aliphatic rings. The van der Waals surface area contributed by atoms with Gasteiger partial charge >= 0.3 is 35.9 Å². The Balaban J connectivity index is 0.686. The number of nitrogens with two attached hydrogens (primary N) is 2. The topological polar surface area (TPSA) is 559 Å². The first-order valence-corrected chi connectivity index (χ1v) is 43.5. The Morgan fingerprint density at radius 2 is 0.984 bits per heavy atom. The van der Waals surface area contributed by atoms with Crippen LogP contribution in [-0.4, -0.2) is 333 Å². The van der Waals surface area contributed by atoms with E-state index in [0.29, 0.717) is 89.7 Å². The minimum absolute atomic E-state index is 0.00111. The number of carbonyl (C=O) groups excluding carboxylic acids is 9. The number of carboxylic acid groups (broad SMARTS) is 4. The van der Waals surface area contributed by atoms with Crippen LogP contribution in [0.5, 0.6) is 5.75 Å². The largest absolute Gasteiger partial charge is 0.508 e. The van der Waals surface area contributed by atoms with Crippen LogP contribution in [0.1, 0.15) is 144 Å². The number of aromatic hydroxyl groups is 1. The van der Waals surface area contributed by atoms with Gasteiger partial charge in [0.15, 0.2) is 18.0 Å². The van der Waals surface area contributed by atoms with Crippen LogP contribution < -0.4 is 38.1 Å². The van der Waals surface area contributed by atoms with Crippen LogP contribution >= 0.6 is 0 Å². The van der Waals surface area contributed by atoms with Crippen LogP contribution in [0.3, 0.4) is 0 Å². The first kappa shape index (κ1) is 102. The maximum atomic E-state index is 14.2. The van der Waals surface area contributed by atoms with Gasteiger partial charge < -0.3 is 101 Å². The van der Waals surface area contributed by atoms with Crippen molar-refractivity contribution in [1.29, 1.82) is 0 Å². The SMILES string of the molecule is NC(N)=NCCC[C@@H]1NC(=O)C(CCCCCC(=O)CCOCCOCCCC(=O)OCc2ccc(C3=NN=C(c4ccccc4)C4CC[C@@H]5O[C@H](COC(=O)NCCOCCOCCCC(=O)CN6CCN(CC(=O)O)CCN(CC(=O)O)CCN(CC(=O)O)CC6)O[C@@H]5CCC34)cc2)NC(=O)[C@@H](Cc2ccc(O)cc2)NC(=O)[C@H](CC(=O)O)NC(=O)CCC1=O. The number of nitrogens with zero attached hydrogens (tertiary/aromatic N) is 7. The first-order valence-electron chi connectivity index (χ1n) is 43.5. The van der Waals surface area contributed by atoms with Crippen LogP contribution in [0.25, 0.3) is 0 Å². The lowest BCUT2D eigenvalue weighted by Gasteiger charge is -2.35. The van der Waals surface area contributed by atoms with Crippen molar-refractivity contribution in [2.75, 3.05) is 151 Å². The Hall–Kier alpha value is -10.8. The van der Waals surface area contributed by atoms with Crippen molar-refractivity contribution in [3.05, 3.63) is 101 Å². The predicted octanol–water partition coefficient (Wildman–Crippen LogP) is 1.94. The zero-order valence-corrected chi connectivity index (χ0v) is 71.9. The molecule has 0 radical (unpaired) electrons. The minimum Gasteiger partial charge on any atom is -0.508 e. The molecular formula is C87H124N14O26. The summed E-state index contributed by atoms with van der Waals surface area (Å²) >= 11 is 0. The highest BCUT2D eigenvalue weighted by atomic mass is 16.7. The summed E-state index contributed by atoms with van der Waals surface area (Å²) in [7, 11) is 0. The van der Waals surface area contributed by atoms with E-state index in [9.17, 15) is 87.9 Å². The van der Waals surface area contributed by atoms with Crippen molar-refractivity contribution in [1.82, 2.24) is 46.2 Å². The molecule has 14 N–H and O–H groups in total. The van der Waals surface area contributed by atoms with Gasteiger partial charge in [-0.2, -0.15) is 10.2 Å². The van der Waals surface area contributed by atoms with E-state index >= 15 is 0 Å². The average Bonchev–Trinajstić information content (AvgIpc) is 1.73. The quantitative estimate of drug-likeness (QED) is 0.0166. The van der Waals surface area contributed by atoms with Crippen LogP contribution in [-0.2, 0) is 108 Å². The summed E-state index contributed by atoms with van der Waals surface area (Å²) in [5, 5.41) is 70.7. The summed E-state index contributed by atoms with van der Waals surface area (Å²) in [5.41, 5.74) is 15.8. The number of aliphatic carboxylic acids is 4. The molecule has 3 aromatic carbocycles. The summed E-state index contributed by atoms with van der Waals surface area (Å²) in [4.78, 5) is 178.